The maximum atomic E-state index is 13.4. The third-order valence-corrected chi connectivity index (χ3v) is 4.11. The van der Waals surface area contributed by atoms with Crippen LogP contribution in [0.3, 0.4) is 0 Å². The van der Waals surface area contributed by atoms with Gasteiger partial charge in [0, 0.05) is 16.5 Å². The van der Waals surface area contributed by atoms with E-state index in [1.165, 1.54) is 18.2 Å². The van der Waals surface area contributed by atoms with E-state index in [2.05, 4.69) is 9.97 Å². The Balaban J connectivity index is 2.45. The first-order valence-electron chi connectivity index (χ1n) is 7.89. The first-order chi connectivity index (χ1) is 12.0. The quantitative estimate of drug-likeness (QED) is 0.356. The number of benzene rings is 1. The van der Waals surface area contributed by atoms with Crippen LogP contribution in [-0.2, 0) is 4.79 Å². The van der Waals surface area contributed by atoms with Crippen molar-refractivity contribution in [3.8, 4) is 11.1 Å². The van der Waals surface area contributed by atoms with E-state index in [0.717, 1.165) is 34.1 Å². The molecule has 2 heterocycles. The van der Waals surface area contributed by atoms with Crippen LogP contribution in [0.2, 0.25) is 5.15 Å². The third kappa shape index (κ3) is 3.44. The van der Waals surface area contributed by atoms with E-state index in [1.54, 1.807) is 24.3 Å². The first kappa shape index (κ1) is 17.2. The summed E-state index contributed by atoms with van der Waals surface area (Å²) in [5.74, 6) is -0.201. The summed E-state index contributed by atoms with van der Waals surface area (Å²) >= 11 is 6.03. The average molecular weight is 355 g/mol. The molecule has 3 nitrogen and oxygen atoms in total. The van der Waals surface area contributed by atoms with Gasteiger partial charge in [-0.25, -0.2) is 14.4 Å². The summed E-state index contributed by atoms with van der Waals surface area (Å²) in [4.78, 5) is 19.9. The Morgan fingerprint density at radius 3 is 2.44 bits per heavy atom. The second-order valence-electron chi connectivity index (χ2n) is 5.95. The molecule has 0 bridgehead atoms. The predicted octanol–water partition coefficient (Wildman–Crippen LogP) is 5.42. The number of carbonyl (C=O) groups is 1. The van der Waals surface area contributed by atoms with Crippen molar-refractivity contribution >= 4 is 35.0 Å². The number of aldehydes is 1. The van der Waals surface area contributed by atoms with E-state index in [0.29, 0.717) is 10.8 Å². The van der Waals surface area contributed by atoms with Gasteiger partial charge >= 0.3 is 0 Å². The molecule has 0 fully saturated rings. The van der Waals surface area contributed by atoms with Crippen LogP contribution in [0.25, 0.3) is 28.2 Å². The van der Waals surface area contributed by atoms with Crippen molar-refractivity contribution in [2.45, 2.75) is 19.8 Å². The minimum absolute atomic E-state index is 0.107. The molecular weight excluding hydrogens is 339 g/mol. The van der Waals surface area contributed by atoms with Gasteiger partial charge in [-0.2, -0.15) is 0 Å². The van der Waals surface area contributed by atoms with Crippen molar-refractivity contribution in [3.05, 3.63) is 64.7 Å². The zero-order chi connectivity index (χ0) is 18.0. The van der Waals surface area contributed by atoms with Gasteiger partial charge in [0.1, 0.15) is 17.3 Å². The van der Waals surface area contributed by atoms with Crippen molar-refractivity contribution < 1.29 is 9.18 Å². The Bertz CT molecular complexity index is 966. The summed E-state index contributed by atoms with van der Waals surface area (Å²) in [6.07, 6.45) is 3.90. The largest absolute Gasteiger partial charge is 0.299 e. The van der Waals surface area contributed by atoms with Gasteiger partial charge in [-0.1, -0.05) is 37.6 Å². The monoisotopic (exact) mass is 354 g/mol. The van der Waals surface area contributed by atoms with Crippen molar-refractivity contribution in [2.75, 3.05) is 0 Å². The minimum atomic E-state index is -0.308. The number of halogens is 2. The molecule has 1 aromatic carbocycles. The molecule has 0 aliphatic carbocycles. The van der Waals surface area contributed by atoms with Crippen LogP contribution >= 0.6 is 11.6 Å². The van der Waals surface area contributed by atoms with Crippen molar-refractivity contribution in [2.24, 2.45) is 0 Å². The van der Waals surface area contributed by atoms with Gasteiger partial charge < -0.3 is 0 Å². The lowest BCUT2D eigenvalue weighted by Gasteiger charge is -2.17. The van der Waals surface area contributed by atoms with Crippen LogP contribution in [0.4, 0.5) is 4.39 Å². The first-order valence-corrected chi connectivity index (χ1v) is 8.27. The molecule has 0 N–H and O–H groups in total. The number of hydrogen-bond acceptors (Lipinski definition) is 3. The molecule has 0 saturated heterocycles. The summed E-state index contributed by atoms with van der Waals surface area (Å²) in [7, 11) is 0. The standard InChI is InChI=1S/C20H16ClFN2O/c1-12(2)19-15(4-3-11-25)18(13-5-7-14(22)8-6-13)16-9-10-17(21)23-20(16)24-19/h3-12H,1-2H3. The zero-order valence-corrected chi connectivity index (χ0v) is 14.6. The number of fused-ring (bicyclic) bond motifs is 1. The van der Waals surface area contributed by atoms with E-state index in [-0.39, 0.29) is 11.7 Å². The number of nitrogens with zero attached hydrogens (tertiary/aromatic N) is 2. The van der Waals surface area contributed by atoms with E-state index in [4.69, 9.17) is 11.6 Å². The third-order valence-electron chi connectivity index (χ3n) is 3.90. The molecule has 5 heteroatoms. The lowest BCUT2D eigenvalue weighted by molar-refractivity contribution is -0.104. The Labute approximate surface area is 150 Å². The molecule has 25 heavy (non-hydrogen) atoms. The van der Waals surface area contributed by atoms with Gasteiger partial charge in [0.15, 0.2) is 5.65 Å². The normalized spacial score (nSPS) is 11.6. The van der Waals surface area contributed by atoms with Gasteiger partial charge in [0.05, 0.1) is 5.69 Å². The highest BCUT2D eigenvalue weighted by Crippen LogP contribution is 2.36. The molecule has 0 amide bonds. The Kier molecular flexibility index (Phi) is 4.91. The summed E-state index contributed by atoms with van der Waals surface area (Å²) in [5, 5.41) is 1.15. The summed E-state index contributed by atoms with van der Waals surface area (Å²) in [5.41, 5.74) is 3.84. The molecular formula is C20H16ClFN2O. The summed E-state index contributed by atoms with van der Waals surface area (Å²) < 4.78 is 13.4. The number of pyridine rings is 2. The molecule has 0 radical (unpaired) electrons. The number of hydrogen-bond donors (Lipinski definition) is 0. The molecule has 126 valence electrons. The van der Waals surface area contributed by atoms with Crippen LogP contribution in [-0.4, -0.2) is 16.3 Å². The molecule has 0 unspecified atom stereocenters. The smallest absolute Gasteiger partial charge is 0.161 e. The van der Waals surface area contributed by atoms with Crippen molar-refractivity contribution in [1.29, 1.82) is 0 Å². The maximum Gasteiger partial charge on any atom is 0.161 e. The molecule has 0 atom stereocenters. The topological polar surface area (TPSA) is 42.9 Å². The molecule has 2 aromatic heterocycles. The lowest BCUT2D eigenvalue weighted by atomic mass is 9.91. The zero-order valence-electron chi connectivity index (χ0n) is 13.8. The fourth-order valence-electron chi connectivity index (χ4n) is 2.83. The maximum absolute atomic E-state index is 13.4. The van der Waals surface area contributed by atoms with Gasteiger partial charge in [-0.05, 0) is 47.9 Å². The van der Waals surface area contributed by atoms with Crippen molar-refractivity contribution in [1.82, 2.24) is 9.97 Å². The van der Waals surface area contributed by atoms with E-state index >= 15 is 0 Å². The fourth-order valence-corrected chi connectivity index (χ4v) is 2.97. The number of allylic oxidation sites excluding steroid dienone is 1. The van der Waals surface area contributed by atoms with Crippen molar-refractivity contribution in [3.63, 3.8) is 0 Å². The second kappa shape index (κ2) is 7.11. The number of carbonyl (C=O) groups excluding carboxylic acids is 1. The molecule has 3 rings (SSSR count). The number of aromatic nitrogens is 2. The lowest BCUT2D eigenvalue weighted by Crippen LogP contribution is -2.02. The molecule has 0 spiro atoms. The van der Waals surface area contributed by atoms with Gasteiger partial charge in [0.2, 0.25) is 0 Å². The highest BCUT2D eigenvalue weighted by atomic mass is 35.5. The SMILES string of the molecule is CC(C)c1nc2nc(Cl)ccc2c(-c2ccc(F)cc2)c1C=CC=O. The van der Waals surface area contributed by atoms with E-state index in [9.17, 15) is 9.18 Å². The molecule has 0 aliphatic heterocycles. The van der Waals surface area contributed by atoms with Crippen LogP contribution < -0.4 is 0 Å². The summed E-state index contributed by atoms with van der Waals surface area (Å²) in [6, 6.07) is 9.78. The predicted molar refractivity (Wildman–Crippen MR) is 99.1 cm³/mol. The van der Waals surface area contributed by atoms with Crippen LogP contribution in [0.15, 0.2) is 42.5 Å². The van der Waals surface area contributed by atoms with E-state index < -0.39 is 0 Å². The minimum Gasteiger partial charge on any atom is -0.299 e. The Hall–Kier alpha value is -2.59. The highest BCUT2D eigenvalue weighted by molar-refractivity contribution is 6.29. The van der Waals surface area contributed by atoms with Gasteiger partial charge in [0.25, 0.3) is 0 Å². The second-order valence-corrected chi connectivity index (χ2v) is 6.33. The molecule has 3 aromatic rings. The fraction of sp³-hybridized carbons (Fsp3) is 0.150. The molecule has 0 aliphatic rings. The Morgan fingerprint density at radius 2 is 1.80 bits per heavy atom. The Morgan fingerprint density at radius 1 is 1.08 bits per heavy atom. The highest BCUT2D eigenvalue weighted by Gasteiger charge is 2.18. The van der Waals surface area contributed by atoms with Gasteiger partial charge in [-0.15, -0.1) is 0 Å². The summed E-state index contributed by atoms with van der Waals surface area (Å²) in [6.45, 7) is 4.04. The van der Waals surface area contributed by atoms with Crippen LogP contribution in [0, 0.1) is 5.82 Å². The molecule has 0 saturated carbocycles. The van der Waals surface area contributed by atoms with Crippen LogP contribution in [0.1, 0.15) is 31.0 Å². The van der Waals surface area contributed by atoms with Crippen LogP contribution in [0.5, 0.6) is 0 Å². The van der Waals surface area contributed by atoms with E-state index in [1.807, 2.05) is 19.9 Å². The van der Waals surface area contributed by atoms with Gasteiger partial charge in [-0.3, -0.25) is 4.79 Å². The number of rotatable bonds is 4. The average Bonchev–Trinajstić information content (AvgIpc) is 2.59.